The van der Waals surface area contributed by atoms with E-state index in [1.165, 1.54) is 0 Å². The zero-order valence-electron chi connectivity index (χ0n) is 13.2. The van der Waals surface area contributed by atoms with Crippen molar-refractivity contribution in [3.63, 3.8) is 0 Å². The third-order valence-corrected chi connectivity index (χ3v) is 4.05. The number of anilines is 1. The van der Waals surface area contributed by atoms with Crippen LogP contribution < -0.4 is 10.6 Å². The summed E-state index contributed by atoms with van der Waals surface area (Å²) in [6.45, 7) is 1.65. The van der Waals surface area contributed by atoms with Gasteiger partial charge in [-0.05, 0) is 37.5 Å². The lowest BCUT2D eigenvalue weighted by molar-refractivity contribution is -0.136. The topological polar surface area (TPSA) is 95.5 Å². The smallest absolute Gasteiger partial charge is 0.307 e. The van der Waals surface area contributed by atoms with Gasteiger partial charge in [0.15, 0.2) is 0 Å². The molecule has 2 rings (SSSR count). The van der Waals surface area contributed by atoms with E-state index in [0.29, 0.717) is 11.3 Å². The Morgan fingerprint density at radius 2 is 1.78 bits per heavy atom. The summed E-state index contributed by atoms with van der Waals surface area (Å²) >= 11 is 0. The maximum atomic E-state index is 12.1. The van der Waals surface area contributed by atoms with Crippen LogP contribution in [0.4, 0.5) is 5.69 Å². The van der Waals surface area contributed by atoms with E-state index in [1.807, 2.05) is 0 Å². The Morgan fingerprint density at radius 1 is 1.17 bits per heavy atom. The fraction of sp³-hybridized carbons (Fsp3) is 0.471. The third kappa shape index (κ3) is 5.09. The largest absolute Gasteiger partial charge is 0.481 e. The van der Waals surface area contributed by atoms with Gasteiger partial charge in [-0.25, -0.2) is 0 Å². The first kappa shape index (κ1) is 17.0. The molecule has 2 amide bonds. The van der Waals surface area contributed by atoms with Gasteiger partial charge in [-0.15, -0.1) is 0 Å². The lowest BCUT2D eigenvalue weighted by Gasteiger charge is -2.17. The SMILES string of the molecule is CC(NC(=O)C1CCCC1)C(=O)Nc1ccc(CC(=O)O)cc1. The first-order valence-electron chi connectivity index (χ1n) is 7.87. The second kappa shape index (κ2) is 7.76. The van der Waals surface area contributed by atoms with Crippen LogP contribution in [0, 0.1) is 5.92 Å². The number of hydrogen-bond donors (Lipinski definition) is 3. The number of nitrogens with one attached hydrogen (secondary N) is 2. The summed E-state index contributed by atoms with van der Waals surface area (Å²) in [5, 5.41) is 14.2. The van der Waals surface area contributed by atoms with Crippen LogP contribution in [0.5, 0.6) is 0 Å². The summed E-state index contributed by atoms with van der Waals surface area (Å²) in [7, 11) is 0. The van der Waals surface area contributed by atoms with Crippen LogP contribution in [-0.2, 0) is 20.8 Å². The summed E-state index contributed by atoms with van der Waals surface area (Å²) in [6.07, 6.45) is 3.88. The van der Waals surface area contributed by atoms with Crippen LogP contribution in [-0.4, -0.2) is 28.9 Å². The highest BCUT2D eigenvalue weighted by atomic mass is 16.4. The Hall–Kier alpha value is -2.37. The molecule has 6 nitrogen and oxygen atoms in total. The fourth-order valence-corrected chi connectivity index (χ4v) is 2.72. The molecule has 0 bridgehead atoms. The second-order valence-electron chi connectivity index (χ2n) is 5.97. The maximum absolute atomic E-state index is 12.1. The van der Waals surface area contributed by atoms with Crippen LogP contribution in [0.1, 0.15) is 38.2 Å². The highest BCUT2D eigenvalue weighted by molar-refractivity contribution is 5.97. The molecule has 1 unspecified atom stereocenters. The number of aliphatic carboxylic acids is 1. The number of amides is 2. The van der Waals surface area contributed by atoms with Gasteiger partial charge in [0.25, 0.3) is 0 Å². The molecule has 0 saturated heterocycles. The van der Waals surface area contributed by atoms with Crippen molar-refractivity contribution < 1.29 is 19.5 Å². The quantitative estimate of drug-likeness (QED) is 0.747. The zero-order chi connectivity index (χ0) is 16.8. The molecule has 6 heteroatoms. The van der Waals surface area contributed by atoms with E-state index in [4.69, 9.17) is 5.11 Å². The van der Waals surface area contributed by atoms with Gasteiger partial charge in [0.2, 0.25) is 11.8 Å². The lowest BCUT2D eigenvalue weighted by atomic mass is 10.1. The molecular formula is C17H22N2O4. The molecule has 1 aliphatic rings. The van der Waals surface area contributed by atoms with Crippen molar-refractivity contribution in [2.45, 2.75) is 45.1 Å². The number of carboxylic acids is 1. The maximum Gasteiger partial charge on any atom is 0.307 e. The molecule has 1 saturated carbocycles. The van der Waals surface area contributed by atoms with E-state index < -0.39 is 12.0 Å². The Labute approximate surface area is 135 Å². The predicted octanol–water partition coefficient (Wildman–Crippen LogP) is 1.95. The van der Waals surface area contributed by atoms with Gasteiger partial charge < -0.3 is 15.7 Å². The van der Waals surface area contributed by atoms with E-state index in [9.17, 15) is 14.4 Å². The van der Waals surface area contributed by atoms with Crippen LogP contribution in [0.25, 0.3) is 0 Å². The van der Waals surface area contributed by atoms with Crippen LogP contribution >= 0.6 is 0 Å². The van der Waals surface area contributed by atoms with Crippen molar-refractivity contribution in [3.05, 3.63) is 29.8 Å². The average molecular weight is 318 g/mol. The normalized spacial score (nSPS) is 15.9. The molecule has 0 spiro atoms. The summed E-state index contributed by atoms with van der Waals surface area (Å²) in [4.78, 5) is 34.7. The van der Waals surface area contributed by atoms with Crippen molar-refractivity contribution in [2.75, 3.05) is 5.32 Å². The van der Waals surface area contributed by atoms with Gasteiger partial charge in [-0.3, -0.25) is 14.4 Å². The van der Waals surface area contributed by atoms with Gasteiger partial charge in [-0.1, -0.05) is 25.0 Å². The number of rotatable bonds is 6. The monoisotopic (exact) mass is 318 g/mol. The van der Waals surface area contributed by atoms with Crippen molar-refractivity contribution in [1.29, 1.82) is 0 Å². The molecule has 1 aromatic rings. The van der Waals surface area contributed by atoms with Gasteiger partial charge in [0.05, 0.1) is 6.42 Å². The molecule has 3 N–H and O–H groups in total. The lowest BCUT2D eigenvalue weighted by Crippen LogP contribution is -2.43. The van der Waals surface area contributed by atoms with E-state index in [0.717, 1.165) is 25.7 Å². The average Bonchev–Trinajstić information content (AvgIpc) is 3.03. The van der Waals surface area contributed by atoms with E-state index >= 15 is 0 Å². The Morgan fingerprint density at radius 3 is 2.35 bits per heavy atom. The summed E-state index contributed by atoms with van der Waals surface area (Å²) in [5.74, 6) is -1.21. The minimum atomic E-state index is -0.898. The predicted molar refractivity (Wildman–Crippen MR) is 86.0 cm³/mol. The first-order chi connectivity index (χ1) is 11.0. The molecule has 124 valence electrons. The molecule has 0 radical (unpaired) electrons. The molecule has 23 heavy (non-hydrogen) atoms. The fourth-order valence-electron chi connectivity index (χ4n) is 2.72. The molecule has 1 fully saturated rings. The Bertz CT molecular complexity index is 577. The van der Waals surface area contributed by atoms with Crippen LogP contribution in [0.15, 0.2) is 24.3 Å². The number of carboxylic acid groups (broad SMARTS) is 1. The highest BCUT2D eigenvalue weighted by Gasteiger charge is 2.25. The number of benzene rings is 1. The van der Waals surface area contributed by atoms with Crippen molar-refractivity contribution in [1.82, 2.24) is 5.32 Å². The third-order valence-electron chi connectivity index (χ3n) is 4.05. The summed E-state index contributed by atoms with van der Waals surface area (Å²) in [6, 6.07) is 6.02. The second-order valence-corrected chi connectivity index (χ2v) is 5.97. The highest BCUT2D eigenvalue weighted by Crippen LogP contribution is 2.24. The summed E-state index contributed by atoms with van der Waals surface area (Å²) in [5.41, 5.74) is 1.24. The van der Waals surface area contributed by atoms with Gasteiger partial charge in [-0.2, -0.15) is 0 Å². The van der Waals surface area contributed by atoms with Gasteiger partial charge in [0.1, 0.15) is 6.04 Å². The van der Waals surface area contributed by atoms with E-state index in [-0.39, 0.29) is 24.2 Å². The number of hydrogen-bond acceptors (Lipinski definition) is 3. The standard InChI is InChI=1S/C17H22N2O4/c1-11(18-17(23)13-4-2-3-5-13)16(22)19-14-8-6-12(7-9-14)10-15(20)21/h6-9,11,13H,2-5,10H2,1H3,(H,18,23)(H,19,22)(H,20,21). The van der Waals surface area contributed by atoms with Crippen molar-refractivity contribution >= 4 is 23.5 Å². The minimum absolute atomic E-state index is 0.0283. The molecular weight excluding hydrogens is 296 g/mol. The number of carbonyl (C=O) groups is 3. The van der Waals surface area contributed by atoms with Crippen LogP contribution in [0.2, 0.25) is 0 Å². The molecule has 0 aliphatic heterocycles. The number of carbonyl (C=O) groups excluding carboxylic acids is 2. The summed E-state index contributed by atoms with van der Waals surface area (Å²) < 4.78 is 0. The van der Waals surface area contributed by atoms with Gasteiger partial charge in [0, 0.05) is 11.6 Å². The zero-order valence-corrected chi connectivity index (χ0v) is 13.2. The Kier molecular flexibility index (Phi) is 5.73. The molecule has 0 heterocycles. The van der Waals surface area contributed by atoms with E-state index in [2.05, 4.69) is 10.6 Å². The molecule has 1 atom stereocenters. The van der Waals surface area contributed by atoms with Crippen molar-refractivity contribution in [3.8, 4) is 0 Å². The Balaban J connectivity index is 1.85. The van der Waals surface area contributed by atoms with Gasteiger partial charge >= 0.3 is 5.97 Å². The van der Waals surface area contributed by atoms with Crippen molar-refractivity contribution in [2.24, 2.45) is 5.92 Å². The minimum Gasteiger partial charge on any atom is -0.481 e. The molecule has 0 aromatic heterocycles. The van der Waals surface area contributed by atoms with E-state index in [1.54, 1.807) is 31.2 Å². The molecule has 1 aromatic carbocycles. The molecule has 1 aliphatic carbocycles. The van der Waals surface area contributed by atoms with Crippen LogP contribution in [0.3, 0.4) is 0 Å². The first-order valence-corrected chi connectivity index (χ1v) is 7.87.